The smallest absolute Gasteiger partial charge is 0.410 e. The molecule has 7 heteroatoms. The van der Waals surface area contributed by atoms with Crippen molar-refractivity contribution in [3.8, 4) is 16.9 Å². The van der Waals surface area contributed by atoms with Crippen molar-refractivity contribution in [3.05, 3.63) is 69.5 Å². The number of ether oxygens (including phenoxy) is 1. The maximum absolute atomic E-state index is 13.1. The van der Waals surface area contributed by atoms with E-state index >= 15 is 0 Å². The van der Waals surface area contributed by atoms with E-state index in [2.05, 4.69) is 47.8 Å². The molecule has 1 amide bonds. The first-order valence-corrected chi connectivity index (χ1v) is 13.5. The molecule has 0 atom stereocenters. The van der Waals surface area contributed by atoms with Crippen molar-refractivity contribution in [1.82, 2.24) is 19.7 Å². The molecule has 194 valence electrons. The number of carbonyl (C=O) groups is 1. The number of halogens is 1. The molecule has 0 unspecified atom stereocenters. The molecule has 4 aromatic rings. The molecule has 2 aromatic heterocycles. The van der Waals surface area contributed by atoms with Crippen molar-refractivity contribution < 1.29 is 9.53 Å². The highest BCUT2D eigenvalue weighted by molar-refractivity contribution is 6.33. The highest BCUT2D eigenvalue weighted by Gasteiger charge is 2.32. The molecule has 2 aromatic carbocycles. The number of H-pyrrole nitrogens is 1. The minimum atomic E-state index is -0.553. The lowest BCUT2D eigenvalue weighted by Crippen LogP contribution is -2.39. The zero-order chi connectivity index (χ0) is 26.5. The summed E-state index contributed by atoms with van der Waals surface area (Å²) in [6.45, 7) is 13.1. The Morgan fingerprint density at radius 3 is 2.51 bits per heavy atom. The summed E-state index contributed by atoms with van der Waals surface area (Å²) in [4.78, 5) is 18.2. The molecule has 0 fully saturated rings. The molecule has 3 heterocycles. The number of nitrogens with one attached hydrogen (secondary N) is 1. The van der Waals surface area contributed by atoms with Gasteiger partial charge in [-0.3, -0.25) is 0 Å². The molecule has 5 rings (SSSR count). The van der Waals surface area contributed by atoms with Crippen molar-refractivity contribution >= 4 is 28.6 Å². The van der Waals surface area contributed by atoms with E-state index in [4.69, 9.17) is 21.4 Å². The second-order valence-corrected chi connectivity index (χ2v) is 11.2. The molecule has 0 radical (unpaired) electrons. The zero-order valence-corrected chi connectivity index (χ0v) is 23.3. The summed E-state index contributed by atoms with van der Waals surface area (Å²) in [7, 11) is 0. The first-order chi connectivity index (χ1) is 17.6. The van der Waals surface area contributed by atoms with E-state index in [0.29, 0.717) is 24.5 Å². The van der Waals surface area contributed by atoms with E-state index in [9.17, 15) is 4.79 Å². The maximum Gasteiger partial charge on any atom is 0.410 e. The minimum Gasteiger partial charge on any atom is -0.444 e. The second-order valence-electron chi connectivity index (χ2n) is 10.8. The Hall–Kier alpha value is -3.25. The quantitative estimate of drug-likeness (QED) is 0.306. The summed E-state index contributed by atoms with van der Waals surface area (Å²) in [6, 6.07) is 10.6. The molecule has 37 heavy (non-hydrogen) atoms. The molecule has 1 N–H and O–H groups in total. The van der Waals surface area contributed by atoms with Crippen LogP contribution in [-0.4, -0.2) is 37.9 Å². The van der Waals surface area contributed by atoms with Crippen molar-refractivity contribution in [2.75, 3.05) is 6.54 Å². The van der Waals surface area contributed by atoms with Crippen molar-refractivity contribution in [3.63, 3.8) is 0 Å². The molecule has 6 nitrogen and oxygen atoms in total. The molecule has 1 aliphatic heterocycles. The van der Waals surface area contributed by atoms with Crippen LogP contribution in [0.2, 0.25) is 5.02 Å². The number of hydrogen-bond acceptors (Lipinski definition) is 3. The number of nitrogens with zero attached hydrogens (tertiary/aromatic N) is 3. The minimum absolute atomic E-state index is 0.297. The number of carbonyl (C=O) groups excluding carboxylic acids is 1. The zero-order valence-electron chi connectivity index (χ0n) is 22.5. The van der Waals surface area contributed by atoms with Gasteiger partial charge in [0.05, 0.1) is 29.1 Å². The van der Waals surface area contributed by atoms with Crippen LogP contribution in [0.3, 0.4) is 0 Å². The van der Waals surface area contributed by atoms with Gasteiger partial charge in [0.25, 0.3) is 0 Å². The first kappa shape index (κ1) is 25.4. The van der Waals surface area contributed by atoms with E-state index < -0.39 is 5.60 Å². The summed E-state index contributed by atoms with van der Waals surface area (Å²) >= 11 is 6.78. The predicted octanol–water partition coefficient (Wildman–Crippen LogP) is 7.40. The number of rotatable bonds is 4. The average molecular weight is 519 g/mol. The Bertz CT molecular complexity index is 1470. The van der Waals surface area contributed by atoms with Crippen molar-refractivity contribution in [1.29, 1.82) is 0 Å². The number of amides is 1. The average Bonchev–Trinajstić information content (AvgIpc) is 3.49. The molecular formula is C30H35ClN4O2. The largest absolute Gasteiger partial charge is 0.444 e. The van der Waals surface area contributed by atoms with Crippen LogP contribution >= 0.6 is 11.6 Å². The summed E-state index contributed by atoms with van der Waals surface area (Å²) in [5.74, 6) is 0. The fourth-order valence-electron chi connectivity index (χ4n) is 5.31. The van der Waals surface area contributed by atoms with Gasteiger partial charge in [0.15, 0.2) is 0 Å². The van der Waals surface area contributed by atoms with Gasteiger partial charge in [-0.2, -0.15) is 5.10 Å². The van der Waals surface area contributed by atoms with Crippen LogP contribution in [0.5, 0.6) is 0 Å². The summed E-state index contributed by atoms with van der Waals surface area (Å²) < 4.78 is 7.85. The van der Waals surface area contributed by atoms with Crippen molar-refractivity contribution in [2.45, 2.75) is 73.0 Å². The molecule has 0 aliphatic carbocycles. The molecule has 1 aliphatic rings. The maximum atomic E-state index is 13.1. The number of hydrogen-bond donors (Lipinski definition) is 1. The third-order valence-corrected chi connectivity index (χ3v) is 7.55. The Labute approximate surface area is 223 Å². The standard InChI is InChI=1S/C30H35ClN4O2/c1-7-19-10-9-11-20(8-2)27(19)35-28(22-16-24(31)18(3)26-21(22)12-14-32-26)23-17-34(15-13-25(23)33-35)29(36)37-30(4,5)6/h9-12,14,16,32H,7-8,13,15,17H2,1-6H3. The van der Waals surface area contributed by atoms with Crippen LogP contribution in [0.1, 0.15) is 62.6 Å². The van der Waals surface area contributed by atoms with Gasteiger partial charge in [0, 0.05) is 40.7 Å². The van der Waals surface area contributed by atoms with E-state index in [1.165, 1.54) is 11.1 Å². The topological polar surface area (TPSA) is 63.2 Å². The van der Waals surface area contributed by atoms with Crippen LogP contribution in [0.15, 0.2) is 36.5 Å². The van der Waals surface area contributed by atoms with E-state index in [-0.39, 0.29) is 6.09 Å². The third-order valence-electron chi connectivity index (χ3n) is 7.16. The molecule has 0 saturated heterocycles. The second kappa shape index (κ2) is 9.56. The normalized spacial score (nSPS) is 13.8. The Balaban J connectivity index is 1.77. The van der Waals surface area contributed by atoms with E-state index in [0.717, 1.165) is 57.5 Å². The molecule has 0 bridgehead atoms. The molecule has 0 saturated carbocycles. The van der Waals surface area contributed by atoms with Crippen LogP contribution in [0.4, 0.5) is 4.79 Å². The Kier molecular flexibility index (Phi) is 6.57. The fourth-order valence-corrected chi connectivity index (χ4v) is 5.52. The summed E-state index contributed by atoms with van der Waals surface area (Å²) in [6.07, 6.45) is 4.11. The summed E-state index contributed by atoms with van der Waals surface area (Å²) in [5.41, 5.74) is 9.16. The van der Waals surface area contributed by atoms with E-state index in [1.807, 2.05) is 40.0 Å². The van der Waals surface area contributed by atoms with Gasteiger partial charge in [0.2, 0.25) is 0 Å². The summed E-state index contributed by atoms with van der Waals surface area (Å²) in [5, 5.41) is 7.00. The van der Waals surface area contributed by atoms with Gasteiger partial charge in [0.1, 0.15) is 5.60 Å². The lowest BCUT2D eigenvalue weighted by atomic mass is 9.96. The Morgan fingerprint density at radius 2 is 1.86 bits per heavy atom. The van der Waals surface area contributed by atoms with Gasteiger partial charge in [-0.25, -0.2) is 9.48 Å². The van der Waals surface area contributed by atoms with Gasteiger partial charge < -0.3 is 14.6 Å². The fraction of sp³-hybridized carbons (Fsp3) is 0.400. The van der Waals surface area contributed by atoms with Gasteiger partial charge in [-0.05, 0) is 69.4 Å². The first-order valence-electron chi connectivity index (χ1n) is 13.1. The van der Waals surface area contributed by atoms with Crippen LogP contribution in [0.25, 0.3) is 27.8 Å². The van der Waals surface area contributed by atoms with Crippen molar-refractivity contribution in [2.24, 2.45) is 0 Å². The monoisotopic (exact) mass is 518 g/mol. The number of aryl methyl sites for hydroxylation is 3. The number of benzene rings is 2. The van der Waals surface area contributed by atoms with Crippen LogP contribution in [-0.2, 0) is 30.5 Å². The lowest BCUT2D eigenvalue weighted by molar-refractivity contribution is 0.0224. The van der Waals surface area contributed by atoms with Crippen LogP contribution in [0, 0.1) is 6.92 Å². The highest BCUT2D eigenvalue weighted by Crippen LogP contribution is 2.41. The number of aromatic nitrogens is 3. The third kappa shape index (κ3) is 4.52. The predicted molar refractivity (Wildman–Crippen MR) is 150 cm³/mol. The molecular weight excluding hydrogens is 484 g/mol. The van der Waals surface area contributed by atoms with E-state index in [1.54, 1.807) is 4.90 Å². The number of fused-ring (bicyclic) bond motifs is 2. The van der Waals surface area contributed by atoms with Gasteiger partial charge in [-0.1, -0.05) is 43.6 Å². The number of para-hydroxylation sites is 1. The van der Waals surface area contributed by atoms with Crippen LogP contribution < -0.4 is 0 Å². The molecule has 0 spiro atoms. The lowest BCUT2D eigenvalue weighted by Gasteiger charge is -2.30. The van der Waals surface area contributed by atoms with Gasteiger partial charge >= 0.3 is 6.09 Å². The SMILES string of the molecule is CCc1cccc(CC)c1-n1nc2c(c1-c1cc(Cl)c(C)c3[nH]ccc13)CN(C(=O)OC(C)(C)C)CC2. The Morgan fingerprint density at radius 1 is 1.16 bits per heavy atom. The van der Waals surface area contributed by atoms with Gasteiger partial charge in [-0.15, -0.1) is 0 Å². The number of aromatic amines is 1. The highest BCUT2D eigenvalue weighted by atomic mass is 35.5.